The third-order valence-electron chi connectivity index (χ3n) is 17.4. The van der Waals surface area contributed by atoms with E-state index in [9.17, 15) is 24.3 Å². The van der Waals surface area contributed by atoms with Gasteiger partial charge in [-0.25, -0.2) is 4.79 Å². The summed E-state index contributed by atoms with van der Waals surface area (Å²) in [4.78, 5) is 50.0. The SMILES string of the molecule is COC(=O)[C@H](CCC(N)=O)NC(=O)CCCCCCCCNC(=O)[C@]12CC[C@@H](C(C)C)[C@@H]1[C@H]1CC[C@@H]3[C@@]4(C)CC[C@H](O)C(C)(C)[C@@H]4CC[C@@]3(C)[C@]1(C)CC2. The number of hydrogen-bond donors (Lipinski definition) is 4. The fraction of sp³-hybridized carbons (Fsp3) is 0.911. The summed E-state index contributed by atoms with van der Waals surface area (Å²) in [7, 11) is 1.26. The van der Waals surface area contributed by atoms with Crippen LogP contribution in [0.2, 0.25) is 0 Å². The standard InChI is InChI=1S/C45H77N3O6/c1-29(2)30-20-25-45(40(53)47-28-14-12-10-9-11-13-15-37(51)48-32(39(52)54-8)17-19-36(46)50)27-26-43(6)31(38(30)45)16-18-34-42(5)23-22-35(49)41(3,4)33(42)21-24-44(34,43)7/h29-35,38,49H,9-28H2,1-8H3,(H2,46,50)(H,47,53)(H,48,51)/t30-,31+,32-,33-,34+,35-,38+,42-,43+,44+,45-/m0/s1. The summed E-state index contributed by atoms with van der Waals surface area (Å²) in [6.45, 7) is 18.1. The predicted octanol–water partition coefficient (Wildman–Crippen LogP) is 7.86. The van der Waals surface area contributed by atoms with Gasteiger partial charge in [-0.15, -0.1) is 0 Å². The van der Waals surface area contributed by atoms with Gasteiger partial charge in [-0.3, -0.25) is 14.4 Å². The van der Waals surface area contributed by atoms with Crippen LogP contribution < -0.4 is 16.4 Å². The number of esters is 1. The second-order valence-electron chi connectivity index (χ2n) is 20.4. The number of nitrogens with two attached hydrogens (primary N) is 1. The number of unbranched alkanes of at least 4 members (excludes halogenated alkanes) is 5. The third kappa shape index (κ3) is 7.75. The van der Waals surface area contributed by atoms with Crippen molar-refractivity contribution in [3.05, 3.63) is 0 Å². The van der Waals surface area contributed by atoms with Crippen LogP contribution in [-0.2, 0) is 23.9 Å². The Bertz CT molecular complexity index is 1370. The van der Waals surface area contributed by atoms with E-state index >= 15 is 0 Å². The van der Waals surface area contributed by atoms with Crippen LogP contribution in [0.4, 0.5) is 0 Å². The molecular weight excluding hydrogens is 679 g/mol. The van der Waals surface area contributed by atoms with E-state index < -0.39 is 17.9 Å². The minimum atomic E-state index is -0.855. The fourth-order valence-corrected chi connectivity index (χ4v) is 14.2. The predicted molar refractivity (Wildman–Crippen MR) is 213 cm³/mol. The first-order chi connectivity index (χ1) is 25.4. The Balaban J connectivity index is 1.13. The first kappa shape index (κ1) is 43.0. The van der Waals surface area contributed by atoms with E-state index in [1.165, 1.54) is 39.2 Å². The molecule has 0 radical (unpaired) electrons. The number of aliphatic hydroxyl groups is 1. The van der Waals surface area contributed by atoms with Gasteiger partial charge in [0.2, 0.25) is 17.7 Å². The Kier molecular flexibility index (Phi) is 13.3. The van der Waals surface area contributed by atoms with E-state index in [1.807, 2.05) is 0 Å². The van der Waals surface area contributed by atoms with Crippen molar-refractivity contribution in [2.45, 2.75) is 183 Å². The molecule has 0 saturated heterocycles. The maximum atomic E-state index is 14.5. The smallest absolute Gasteiger partial charge is 0.328 e. The van der Waals surface area contributed by atoms with Crippen LogP contribution in [0, 0.1) is 62.6 Å². The number of carbonyl (C=O) groups excluding carboxylic acids is 4. The number of amides is 3. The summed E-state index contributed by atoms with van der Waals surface area (Å²) in [5.74, 6) is 2.47. The zero-order valence-corrected chi connectivity index (χ0v) is 35.3. The van der Waals surface area contributed by atoms with Crippen LogP contribution in [0.5, 0.6) is 0 Å². The first-order valence-corrected chi connectivity index (χ1v) is 22.0. The van der Waals surface area contributed by atoms with Gasteiger partial charge in [0.05, 0.1) is 18.6 Å². The number of methoxy groups -OCH3 is 1. The van der Waals surface area contributed by atoms with Crippen molar-refractivity contribution < 1.29 is 29.0 Å². The summed E-state index contributed by atoms with van der Waals surface area (Å²) in [6, 6.07) is -0.855. The molecule has 5 aliphatic rings. The Labute approximate surface area is 327 Å². The number of carbonyl (C=O) groups is 4. The van der Waals surface area contributed by atoms with Gasteiger partial charge in [0.25, 0.3) is 0 Å². The minimum Gasteiger partial charge on any atom is -0.467 e. The number of primary amides is 1. The maximum absolute atomic E-state index is 14.5. The highest BCUT2D eigenvalue weighted by Gasteiger charge is 2.71. The highest BCUT2D eigenvalue weighted by molar-refractivity contribution is 5.85. The molecule has 5 saturated carbocycles. The van der Waals surface area contributed by atoms with E-state index in [1.54, 1.807) is 0 Å². The van der Waals surface area contributed by atoms with Crippen LogP contribution in [0.3, 0.4) is 0 Å². The topological polar surface area (TPSA) is 148 Å². The van der Waals surface area contributed by atoms with E-state index in [2.05, 4.69) is 59.1 Å². The van der Waals surface area contributed by atoms with Gasteiger partial charge >= 0.3 is 5.97 Å². The Morgan fingerprint density at radius 3 is 2.13 bits per heavy atom. The van der Waals surface area contributed by atoms with Gasteiger partial charge in [0.1, 0.15) is 6.04 Å². The van der Waals surface area contributed by atoms with Crippen molar-refractivity contribution >= 4 is 23.7 Å². The highest BCUT2D eigenvalue weighted by atomic mass is 16.5. The number of fused-ring (bicyclic) bond motifs is 7. The normalized spacial score (nSPS) is 38.6. The second-order valence-corrected chi connectivity index (χ2v) is 20.4. The van der Waals surface area contributed by atoms with Crippen molar-refractivity contribution in [2.24, 2.45) is 68.3 Å². The molecule has 9 nitrogen and oxygen atoms in total. The Hall–Kier alpha value is -2.16. The summed E-state index contributed by atoms with van der Waals surface area (Å²) in [5.41, 5.74) is 5.67. The van der Waals surface area contributed by atoms with E-state index in [0.29, 0.717) is 47.8 Å². The Morgan fingerprint density at radius 1 is 0.778 bits per heavy atom. The zero-order valence-electron chi connectivity index (χ0n) is 35.3. The molecule has 0 aliphatic heterocycles. The molecule has 5 aliphatic carbocycles. The molecule has 308 valence electrons. The van der Waals surface area contributed by atoms with E-state index in [4.69, 9.17) is 10.5 Å². The van der Waals surface area contributed by atoms with Crippen LogP contribution in [0.25, 0.3) is 0 Å². The average Bonchev–Trinajstić information content (AvgIpc) is 3.52. The van der Waals surface area contributed by atoms with Crippen LogP contribution in [-0.4, -0.2) is 54.6 Å². The lowest BCUT2D eigenvalue weighted by atomic mass is 9.32. The molecule has 11 atom stereocenters. The molecule has 0 heterocycles. The van der Waals surface area contributed by atoms with Gasteiger partial charge in [-0.05, 0) is 141 Å². The van der Waals surface area contributed by atoms with Crippen LogP contribution >= 0.6 is 0 Å². The molecule has 5 N–H and O–H groups in total. The fourth-order valence-electron chi connectivity index (χ4n) is 14.2. The average molecular weight is 756 g/mol. The molecule has 0 unspecified atom stereocenters. The molecule has 5 fully saturated rings. The van der Waals surface area contributed by atoms with E-state index in [0.717, 1.165) is 77.2 Å². The molecule has 9 heteroatoms. The molecule has 3 amide bonds. The summed E-state index contributed by atoms with van der Waals surface area (Å²) in [6.07, 6.45) is 17.4. The van der Waals surface area contributed by atoms with Gasteiger partial charge in [-0.1, -0.05) is 74.1 Å². The largest absolute Gasteiger partial charge is 0.467 e. The number of aliphatic hydroxyl groups excluding tert-OH is 1. The first-order valence-electron chi connectivity index (χ1n) is 22.0. The number of rotatable bonds is 16. The Morgan fingerprint density at radius 2 is 1.46 bits per heavy atom. The van der Waals surface area contributed by atoms with Crippen molar-refractivity contribution in [1.29, 1.82) is 0 Å². The molecule has 0 aromatic heterocycles. The molecule has 5 rings (SSSR count). The lowest BCUT2D eigenvalue weighted by molar-refractivity contribution is -0.248. The van der Waals surface area contributed by atoms with Crippen LogP contribution in [0.1, 0.15) is 170 Å². The van der Waals surface area contributed by atoms with Gasteiger partial charge in [0.15, 0.2) is 0 Å². The second kappa shape index (κ2) is 16.7. The maximum Gasteiger partial charge on any atom is 0.328 e. The minimum absolute atomic E-state index is 0.00657. The molecule has 0 aromatic carbocycles. The van der Waals surface area contributed by atoms with Crippen molar-refractivity contribution in [1.82, 2.24) is 10.6 Å². The summed E-state index contributed by atoms with van der Waals surface area (Å²) >= 11 is 0. The lowest BCUT2D eigenvalue weighted by Gasteiger charge is -2.73. The third-order valence-corrected chi connectivity index (χ3v) is 17.4. The zero-order chi connectivity index (χ0) is 39.7. The van der Waals surface area contributed by atoms with Crippen molar-refractivity contribution in [3.63, 3.8) is 0 Å². The molecular formula is C45H77N3O6. The van der Waals surface area contributed by atoms with E-state index in [-0.39, 0.29) is 51.9 Å². The number of ether oxygens (including phenoxy) is 1. The van der Waals surface area contributed by atoms with Crippen LogP contribution in [0.15, 0.2) is 0 Å². The van der Waals surface area contributed by atoms with Gasteiger partial charge in [-0.2, -0.15) is 0 Å². The molecule has 0 bridgehead atoms. The van der Waals surface area contributed by atoms with Gasteiger partial charge in [0, 0.05) is 19.4 Å². The summed E-state index contributed by atoms with van der Waals surface area (Å²) in [5, 5.41) is 17.3. The number of hydrogen-bond acceptors (Lipinski definition) is 6. The highest BCUT2D eigenvalue weighted by Crippen LogP contribution is 2.77. The van der Waals surface area contributed by atoms with Crippen molar-refractivity contribution in [3.8, 4) is 0 Å². The molecule has 54 heavy (non-hydrogen) atoms. The lowest BCUT2D eigenvalue weighted by Crippen LogP contribution is -2.67. The molecule has 0 aromatic rings. The van der Waals surface area contributed by atoms with Crippen molar-refractivity contribution in [2.75, 3.05) is 13.7 Å². The summed E-state index contributed by atoms with van der Waals surface area (Å²) < 4.78 is 4.75. The number of nitrogens with one attached hydrogen (secondary N) is 2. The molecule has 0 spiro atoms. The monoisotopic (exact) mass is 756 g/mol. The van der Waals surface area contributed by atoms with Gasteiger partial charge < -0.3 is 26.2 Å². The quantitative estimate of drug-likeness (QED) is 0.0932.